The van der Waals surface area contributed by atoms with Gasteiger partial charge in [-0.15, -0.1) is 0 Å². The molecule has 7 nitrogen and oxygen atoms in total. The van der Waals surface area contributed by atoms with Crippen molar-refractivity contribution in [3.05, 3.63) is 11.8 Å². The van der Waals surface area contributed by atoms with Crippen LogP contribution in [0, 0.1) is 0 Å². The topological polar surface area (TPSA) is 98.2 Å². The molecule has 0 aliphatic carbocycles. The van der Waals surface area contributed by atoms with Crippen LogP contribution in [-0.4, -0.2) is 64.5 Å². The third-order valence-electron chi connectivity index (χ3n) is 2.12. The summed E-state index contributed by atoms with van der Waals surface area (Å²) in [7, 11) is 3.26. The predicted molar refractivity (Wildman–Crippen MR) is 52.9 cm³/mol. The maximum atomic E-state index is 11.5. The molecule has 2 N–H and O–H groups in total. The number of carbonyl (C=O) groups excluding carboxylic acids is 1. The fraction of sp³-hybridized carbons (Fsp3) is 0.444. The van der Waals surface area contributed by atoms with Gasteiger partial charge in [0, 0.05) is 25.9 Å². The average Bonchev–Trinajstić information content (AvgIpc) is 2.43. The summed E-state index contributed by atoms with van der Waals surface area (Å²) in [6.07, 6.45) is -0.0766. The first kappa shape index (κ1) is 12.0. The minimum atomic E-state index is -1.41. The number of carbonyl (C=O) groups is 3. The molecule has 0 aromatic carbocycles. The third kappa shape index (κ3) is 2.13. The summed E-state index contributed by atoms with van der Waals surface area (Å²) < 4.78 is 0. The van der Waals surface area contributed by atoms with E-state index in [9.17, 15) is 14.4 Å². The number of rotatable bonds is 2. The summed E-state index contributed by atoms with van der Waals surface area (Å²) in [6, 6.07) is -1.41. The first-order valence-electron chi connectivity index (χ1n) is 4.48. The number of likely N-dealkylation sites (tertiary alicyclic amines) is 1. The molecule has 0 bridgehead atoms. The van der Waals surface area contributed by atoms with Crippen LogP contribution in [0.3, 0.4) is 0 Å². The molecule has 0 radical (unpaired) electrons. The van der Waals surface area contributed by atoms with Crippen LogP contribution in [0.25, 0.3) is 0 Å². The number of carboxylic acid groups (broad SMARTS) is 2. The summed E-state index contributed by atoms with van der Waals surface area (Å²) in [6.45, 7) is -0.411. The fourth-order valence-electron chi connectivity index (χ4n) is 1.52. The Morgan fingerprint density at radius 2 is 2.00 bits per heavy atom. The van der Waals surface area contributed by atoms with Gasteiger partial charge in [-0.1, -0.05) is 0 Å². The van der Waals surface area contributed by atoms with E-state index in [1.807, 2.05) is 0 Å². The standard InChI is InChI=1S/C9H12N2O5/c1-10(2)3-5-6(12)4-11(9(15)16)7(5)8(13)14/h3,7H,4H2,1-2H3,(H,13,14)(H,15,16)/b5-3+/t7-/m0/s1. The van der Waals surface area contributed by atoms with Gasteiger partial charge in [-0.2, -0.15) is 0 Å². The first-order chi connectivity index (χ1) is 7.34. The molecule has 1 aliphatic heterocycles. The molecule has 1 aliphatic rings. The number of aliphatic carboxylic acids is 1. The van der Waals surface area contributed by atoms with Crippen molar-refractivity contribution >= 4 is 17.8 Å². The zero-order valence-electron chi connectivity index (χ0n) is 8.88. The Hall–Kier alpha value is -2.05. The highest BCUT2D eigenvalue weighted by Gasteiger charge is 2.43. The van der Waals surface area contributed by atoms with E-state index < -0.39 is 30.4 Å². The highest BCUT2D eigenvalue weighted by molar-refractivity contribution is 6.08. The van der Waals surface area contributed by atoms with Gasteiger partial charge in [-0.25, -0.2) is 9.59 Å². The lowest BCUT2D eigenvalue weighted by Crippen LogP contribution is -2.40. The Labute approximate surface area is 91.6 Å². The molecule has 7 heteroatoms. The van der Waals surface area contributed by atoms with Crippen LogP contribution in [0.1, 0.15) is 0 Å². The second kappa shape index (κ2) is 4.21. The molecule has 1 atom stereocenters. The van der Waals surface area contributed by atoms with Gasteiger partial charge in [-0.3, -0.25) is 9.69 Å². The Kier molecular flexibility index (Phi) is 3.17. The summed E-state index contributed by atoms with van der Waals surface area (Å²) >= 11 is 0. The highest BCUT2D eigenvalue weighted by Crippen LogP contribution is 2.21. The molecule has 1 amide bonds. The van der Waals surface area contributed by atoms with Crippen molar-refractivity contribution in [1.29, 1.82) is 0 Å². The molecule has 1 rings (SSSR count). The summed E-state index contributed by atoms with van der Waals surface area (Å²) in [5.41, 5.74) is -0.0140. The smallest absolute Gasteiger partial charge is 0.408 e. The minimum Gasteiger partial charge on any atom is -0.479 e. The van der Waals surface area contributed by atoms with Crippen LogP contribution < -0.4 is 0 Å². The lowest BCUT2D eigenvalue weighted by Gasteiger charge is -2.17. The Balaban J connectivity index is 3.13. The average molecular weight is 228 g/mol. The largest absolute Gasteiger partial charge is 0.479 e. The van der Waals surface area contributed by atoms with E-state index in [-0.39, 0.29) is 5.57 Å². The number of amides is 1. The second-order valence-electron chi connectivity index (χ2n) is 3.62. The summed E-state index contributed by atoms with van der Waals surface area (Å²) in [5.74, 6) is -1.83. The van der Waals surface area contributed by atoms with Crippen molar-refractivity contribution in [2.75, 3.05) is 20.6 Å². The van der Waals surface area contributed by atoms with E-state index in [2.05, 4.69) is 0 Å². The van der Waals surface area contributed by atoms with Crippen LogP contribution in [-0.2, 0) is 9.59 Å². The molecule has 0 saturated carbocycles. The maximum absolute atomic E-state index is 11.5. The normalized spacial score (nSPS) is 22.6. The van der Waals surface area contributed by atoms with Crippen LogP contribution >= 0.6 is 0 Å². The van der Waals surface area contributed by atoms with E-state index in [1.165, 1.54) is 11.1 Å². The molecule has 1 fully saturated rings. The number of hydrogen-bond donors (Lipinski definition) is 2. The molecule has 0 spiro atoms. The van der Waals surface area contributed by atoms with E-state index in [4.69, 9.17) is 10.2 Å². The van der Waals surface area contributed by atoms with E-state index in [0.29, 0.717) is 4.90 Å². The van der Waals surface area contributed by atoms with Gasteiger partial charge < -0.3 is 15.1 Å². The van der Waals surface area contributed by atoms with Crippen molar-refractivity contribution in [2.24, 2.45) is 0 Å². The minimum absolute atomic E-state index is 0.0140. The van der Waals surface area contributed by atoms with Crippen molar-refractivity contribution in [1.82, 2.24) is 9.80 Å². The highest BCUT2D eigenvalue weighted by atomic mass is 16.4. The molecular formula is C9H12N2O5. The summed E-state index contributed by atoms with van der Waals surface area (Å²) in [4.78, 5) is 35.3. The van der Waals surface area contributed by atoms with Gasteiger partial charge in [0.05, 0.1) is 6.54 Å². The van der Waals surface area contributed by atoms with Gasteiger partial charge in [0.15, 0.2) is 11.8 Å². The first-order valence-corrected chi connectivity index (χ1v) is 4.48. The van der Waals surface area contributed by atoms with Crippen LogP contribution in [0.2, 0.25) is 0 Å². The number of carboxylic acids is 1. The molecule has 1 saturated heterocycles. The SMILES string of the molecule is CN(C)/C=C1\C(=O)CN(C(=O)O)[C@@H]1C(=O)O. The van der Waals surface area contributed by atoms with Gasteiger partial charge in [0.25, 0.3) is 0 Å². The molecule has 88 valence electrons. The number of ketones is 1. The van der Waals surface area contributed by atoms with Crippen molar-refractivity contribution < 1.29 is 24.6 Å². The predicted octanol–water partition coefficient (Wildman–Crippen LogP) is -0.552. The number of hydrogen-bond acceptors (Lipinski definition) is 4. The van der Waals surface area contributed by atoms with Crippen molar-refractivity contribution in [2.45, 2.75) is 6.04 Å². The van der Waals surface area contributed by atoms with Gasteiger partial charge in [0.1, 0.15) is 0 Å². The third-order valence-corrected chi connectivity index (χ3v) is 2.12. The maximum Gasteiger partial charge on any atom is 0.408 e. The van der Waals surface area contributed by atoms with Crippen LogP contribution in [0.4, 0.5) is 4.79 Å². The van der Waals surface area contributed by atoms with Crippen molar-refractivity contribution in [3.8, 4) is 0 Å². The lowest BCUT2D eigenvalue weighted by molar-refractivity contribution is -0.140. The number of nitrogens with zero attached hydrogens (tertiary/aromatic N) is 2. The Bertz CT molecular complexity index is 374. The zero-order chi connectivity index (χ0) is 12.5. The summed E-state index contributed by atoms with van der Waals surface area (Å²) in [5, 5.41) is 17.7. The Morgan fingerprint density at radius 1 is 1.44 bits per heavy atom. The lowest BCUT2D eigenvalue weighted by atomic mass is 10.1. The van der Waals surface area contributed by atoms with Crippen molar-refractivity contribution in [3.63, 3.8) is 0 Å². The van der Waals surface area contributed by atoms with E-state index in [0.717, 1.165) is 0 Å². The van der Waals surface area contributed by atoms with Crippen LogP contribution in [0.15, 0.2) is 11.8 Å². The van der Waals surface area contributed by atoms with E-state index in [1.54, 1.807) is 14.1 Å². The van der Waals surface area contributed by atoms with Gasteiger partial charge in [0.2, 0.25) is 0 Å². The second-order valence-corrected chi connectivity index (χ2v) is 3.62. The van der Waals surface area contributed by atoms with E-state index >= 15 is 0 Å². The zero-order valence-corrected chi connectivity index (χ0v) is 8.88. The van der Waals surface area contributed by atoms with Gasteiger partial charge >= 0.3 is 12.1 Å². The molecule has 0 unspecified atom stereocenters. The molecule has 0 aromatic heterocycles. The quantitative estimate of drug-likeness (QED) is 0.615. The monoisotopic (exact) mass is 228 g/mol. The number of Topliss-reactive ketones (excluding diaryl/α,β-unsaturated/α-hetero) is 1. The molecule has 0 aromatic rings. The molecule has 1 heterocycles. The fourth-order valence-corrected chi connectivity index (χ4v) is 1.52. The van der Waals surface area contributed by atoms with Gasteiger partial charge in [-0.05, 0) is 0 Å². The van der Waals surface area contributed by atoms with Crippen LogP contribution in [0.5, 0.6) is 0 Å². The molecular weight excluding hydrogens is 216 g/mol. The Morgan fingerprint density at radius 3 is 2.38 bits per heavy atom. The molecule has 16 heavy (non-hydrogen) atoms.